The number of non-ortho nitro benzene ring substituents is 1. The smallest absolute Gasteiger partial charge is 0.308 e. The Morgan fingerprint density at radius 3 is 2.44 bits per heavy atom. The van der Waals surface area contributed by atoms with E-state index in [9.17, 15) is 19.7 Å². The molecule has 0 aliphatic rings. The Balaban J connectivity index is 2.15. The van der Waals surface area contributed by atoms with E-state index in [2.05, 4.69) is 0 Å². The van der Waals surface area contributed by atoms with E-state index < -0.39 is 10.9 Å². The van der Waals surface area contributed by atoms with Gasteiger partial charge in [-0.1, -0.05) is 0 Å². The van der Waals surface area contributed by atoms with Gasteiger partial charge in [0.25, 0.3) is 5.69 Å². The number of nitro groups is 1. The van der Waals surface area contributed by atoms with Crippen LogP contribution in [0.5, 0.6) is 5.75 Å². The van der Waals surface area contributed by atoms with E-state index in [0.717, 1.165) is 0 Å². The lowest BCUT2D eigenvalue weighted by Crippen LogP contribution is -2.08. The zero-order chi connectivity index (χ0) is 18.1. The molecule has 0 N–H and O–H groups in total. The fourth-order valence-corrected chi connectivity index (χ4v) is 2.60. The summed E-state index contributed by atoms with van der Waals surface area (Å²) < 4.78 is 10.7. The van der Waals surface area contributed by atoms with Crippen molar-refractivity contribution in [2.75, 3.05) is 0 Å². The highest BCUT2D eigenvalue weighted by Gasteiger charge is 2.15. The van der Waals surface area contributed by atoms with Crippen molar-refractivity contribution in [2.45, 2.75) is 13.8 Å². The zero-order valence-corrected chi connectivity index (χ0v) is 13.4. The number of hydrogen-bond donors (Lipinski definition) is 0. The van der Waals surface area contributed by atoms with Gasteiger partial charge in [-0.15, -0.1) is 0 Å². The standard InChI is InChI=1S/C18H13NO6/c1-10-17(12-3-5-13(6-4-12)19(22)23)18(21)15-8-7-14(25-11(2)20)9-16(15)24-10/h3-9H,1-2H3. The van der Waals surface area contributed by atoms with Crippen LogP contribution in [-0.2, 0) is 4.79 Å². The Morgan fingerprint density at radius 1 is 1.16 bits per heavy atom. The van der Waals surface area contributed by atoms with Crippen LogP contribution in [0.3, 0.4) is 0 Å². The van der Waals surface area contributed by atoms with Gasteiger partial charge in [0.15, 0.2) is 0 Å². The number of carbonyl (C=O) groups is 1. The average Bonchev–Trinajstić information content (AvgIpc) is 2.54. The molecule has 0 atom stereocenters. The largest absolute Gasteiger partial charge is 0.460 e. The van der Waals surface area contributed by atoms with Gasteiger partial charge in [-0.05, 0) is 36.8 Å². The van der Waals surface area contributed by atoms with Crippen LogP contribution in [-0.4, -0.2) is 10.9 Å². The van der Waals surface area contributed by atoms with Crippen LogP contribution in [0.4, 0.5) is 5.69 Å². The van der Waals surface area contributed by atoms with Crippen LogP contribution in [0, 0.1) is 17.0 Å². The summed E-state index contributed by atoms with van der Waals surface area (Å²) in [4.78, 5) is 34.1. The number of hydrogen-bond acceptors (Lipinski definition) is 6. The molecule has 3 rings (SSSR count). The number of ether oxygens (including phenoxy) is 1. The lowest BCUT2D eigenvalue weighted by molar-refractivity contribution is -0.384. The highest BCUT2D eigenvalue weighted by Crippen LogP contribution is 2.27. The van der Waals surface area contributed by atoms with Crippen LogP contribution in [0.2, 0.25) is 0 Å². The molecule has 1 aromatic heterocycles. The molecule has 0 amide bonds. The summed E-state index contributed by atoms with van der Waals surface area (Å²) in [7, 11) is 0. The third-order valence-electron chi connectivity index (χ3n) is 3.67. The van der Waals surface area contributed by atoms with Gasteiger partial charge in [-0.2, -0.15) is 0 Å². The van der Waals surface area contributed by atoms with E-state index in [1.165, 1.54) is 49.4 Å². The van der Waals surface area contributed by atoms with Gasteiger partial charge >= 0.3 is 5.97 Å². The van der Waals surface area contributed by atoms with Crippen molar-refractivity contribution in [3.63, 3.8) is 0 Å². The molecule has 1 heterocycles. The second-order valence-corrected chi connectivity index (χ2v) is 5.42. The van der Waals surface area contributed by atoms with Crippen molar-refractivity contribution in [3.8, 4) is 16.9 Å². The Morgan fingerprint density at radius 2 is 1.84 bits per heavy atom. The highest BCUT2D eigenvalue weighted by molar-refractivity contribution is 5.84. The van der Waals surface area contributed by atoms with Crippen molar-refractivity contribution in [1.29, 1.82) is 0 Å². The highest BCUT2D eigenvalue weighted by atomic mass is 16.6. The maximum Gasteiger partial charge on any atom is 0.308 e. The van der Waals surface area contributed by atoms with Crippen LogP contribution < -0.4 is 10.2 Å². The number of nitro benzene ring substituents is 1. The van der Waals surface area contributed by atoms with E-state index in [1.54, 1.807) is 6.92 Å². The molecular formula is C18H13NO6. The van der Waals surface area contributed by atoms with Gasteiger partial charge in [-0.25, -0.2) is 0 Å². The first-order valence-electron chi connectivity index (χ1n) is 7.37. The second-order valence-electron chi connectivity index (χ2n) is 5.42. The van der Waals surface area contributed by atoms with E-state index in [-0.39, 0.29) is 16.9 Å². The van der Waals surface area contributed by atoms with Crippen molar-refractivity contribution in [1.82, 2.24) is 0 Å². The average molecular weight is 339 g/mol. The summed E-state index contributed by atoms with van der Waals surface area (Å²) in [6.45, 7) is 2.92. The van der Waals surface area contributed by atoms with Crippen LogP contribution in [0.25, 0.3) is 22.1 Å². The molecule has 0 bridgehead atoms. The molecule has 3 aromatic rings. The molecule has 0 saturated carbocycles. The maximum atomic E-state index is 12.8. The van der Waals surface area contributed by atoms with Gasteiger partial charge in [0.1, 0.15) is 17.1 Å². The van der Waals surface area contributed by atoms with Gasteiger partial charge < -0.3 is 9.15 Å². The topological polar surface area (TPSA) is 99.7 Å². The normalized spacial score (nSPS) is 10.6. The molecule has 126 valence electrons. The predicted octanol–water partition coefficient (Wildman–Crippen LogP) is 3.60. The lowest BCUT2D eigenvalue weighted by atomic mass is 10.0. The summed E-state index contributed by atoms with van der Waals surface area (Å²) >= 11 is 0. The number of aryl methyl sites for hydroxylation is 1. The molecular weight excluding hydrogens is 326 g/mol. The molecule has 0 fully saturated rings. The summed E-state index contributed by atoms with van der Waals surface area (Å²) in [5, 5.41) is 11.1. The SMILES string of the molecule is CC(=O)Oc1ccc2c(=O)c(-c3ccc([N+](=O)[O-])cc3)c(C)oc2c1. The molecule has 0 aliphatic heterocycles. The lowest BCUT2D eigenvalue weighted by Gasteiger charge is -2.08. The van der Waals surface area contributed by atoms with Gasteiger partial charge in [0, 0.05) is 25.1 Å². The van der Waals surface area contributed by atoms with Crippen LogP contribution >= 0.6 is 0 Å². The van der Waals surface area contributed by atoms with Gasteiger partial charge in [0.05, 0.1) is 15.9 Å². The molecule has 0 spiro atoms. The van der Waals surface area contributed by atoms with E-state index in [4.69, 9.17) is 9.15 Å². The summed E-state index contributed by atoms with van der Waals surface area (Å²) in [6, 6.07) is 10.2. The molecule has 0 unspecified atom stereocenters. The minimum absolute atomic E-state index is 0.0578. The monoisotopic (exact) mass is 339 g/mol. The first-order chi connectivity index (χ1) is 11.9. The summed E-state index contributed by atoms with van der Waals surface area (Å²) in [6.07, 6.45) is 0. The second kappa shape index (κ2) is 6.20. The molecule has 0 aliphatic carbocycles. The molecule has 7 nitrogen and oxygen atoms in total. The first-order valence-corrected chi connectivity index (χ1v) is 7.37. The molecule has 7 heteroatoms. The molecule has 0 radical (unpaired) electrons. The number of fused-ring (bicyclic) bond motifs is 1. The van der Waals surface area contributed by atoms with Crippen molar-refractivity contribution < 1.29 is 18.9 Å². The maximum absolute atomic E-state index is 12.8. The van der Waals surface area contributed by atoms with Crippen molar-refractivity contribution >= 4 is 22.6 Å². The number of benzene rings is 2. The van der Waals surface area contributed by atoms with E-state index >= 15 is 0 Å². The van der Waals surface area contributed by atoms with E-state index in [0.29, 0.717) is 27.9 Å². The Hall–Kier alpha value is -3.48. The number of carbonyl (C=O) groups excluding carboxylic acids is 1. The molecule has 0 saturated heterocycles. The number of esters is 1. The number of nitrogens with zero attached hydrogens (tertiary/aromatic N) is 1. The molecule has 25 heavy (non-hydrogen) atoms. The summed E-state index contributed by atoms with van der Waals surface area (Å²) in [5.74, 6) is 0.179. The summed E-state index contributed by atoms with van der Waals surface area (Å²) in [5.41, 5.74) is 0.844. The minimum Gasteiger partial charge on any atom is -0.460 e. The zero-order valence-electron chi connectivity index (χ0n) is 13.4. The van der Waals surface area contributed by atoms with E-state index in [1.807, 2.05) is 0 Å². The first kappa shape index (κ1) is 16.4. The Bertz CT molecular complexity index is 1050. The van der Waals surface area contributed by atoms with Crippen molar-refractivity contribution in [3.05, 3.63) is 68.6 Å². The quantitative estimate of drug-likeness (QED) is 0.313. The van der Waals surface area contributed by atoms with Crippen LogP contribution in [0.15, 0.2) is 51.7 Å². The number of rotatable bonds is 3. The third kappa shape index (κ3) is 3.12. The molecule has 2 aromatic carbocycles. The van der Waals surface area contributed by atoms with Crippen molar-refractivity contribution in [2.24, 2.45) is 0 Å². The predicted molar refractivity (Wildman–Crippen MR) is 90.6 cm³/mol. The Kier molecular flexibility index (Phi) is 4.06. The Labute approximate surface area is 141 Å². The van der Waals surface area contributed by atoms with Gasteiger partial charge in [-0.3, -0.25) is 19.7 Å². The van der Waals surface area contributed by atoms with Crippen LogP contribution in [0.1, 0.15) is 12.7 Å². The third-order valence-corrected chi connectivity index (χ3v) is 3.67. The fraction of sp³-hybridized carbons (Fsp3) is 0.111. The fourth-order valence-electron chi connectivity index (χ4n) is 2.60. The minimum atomic E-state index is -0.504. The van der Waals surface area contributed by atoms with Gasteiger partial charge in [0.2, 0.25) is 5.43 Å².